The number of rotatable bonds is 5. The van der Waals surface area contributed by atoms with E-state index in [1.54, 1.807) is 0 Å². The highest BCUT2D eigenvalue weighted by Gasteiger charge is 2.59. The lowest BCUT2D eigenvalue weighted by atomic mass is 9.62. The number of anilines is 1. The molecule has 1 aliphatic heterocycles. The van der Waals surface area contributed by atoms with Crippen molar-refractivity contribution in [1.29, 1.82) is 0 Å². The number of carbonyl (C=O) groups is 2. The van der Waals surface area contributed by atoms with Crippen molar-refractivity contribution in [2.24, 2.45) is 11.7 Å². The molecule has 2 unspecified atom stereocenters. The van der Waals surface area contributed by atoms with Crippen LogP contribution in [0.2, 0.25) is 0 Å². The van der Waals surface area contributed by atoms with Gasteiger partial charge in [-0.2, -0.15) is 0 Å². The fraction of sp³-hybridized carbons (Fsp3) is 0.682. The first-order valence-corrected chi connectivity index (χ1v) is 10.7. The van der Waals surface area contributed by atoms with Crippen molar-refractivity contribution >= 4 is 42.4 Å². The van der Waals surface area contributed by atoms with Crippen molar-refractivity contribution < 1.29 is 14.3 Å². The summed E-state index contributed by atoms with van der Waals surface area (Å²) in [5.41, 5.74) is 6.37. The second-order valence-corrected chi connectivity index (χ2v) is 8.87. The van der Waals surface area contributed by atoms with Crippen LogP contribution >= 0.6 is 24.8 Å². The Morgan fingerprint density at radius 2 is 1.68 bits per heavy atom. The number of nitrogens with zero attached hydrogens (tertiary/aromatic N) is 3. The van der Waals surface area contributed by atoms with E-state index in [2.05, 4.69) is 28.6 Å². The average molecular weight is 475 g/mol. The fourth-order valence-electron chi connectivity index (χ4n) is 5.27. The highest BCUT2D eigenvalue weighted by atomic mass is 35.5. The largest absolute Gasteiger partial charge is 0.392 e. The monoisotopic (exact) mass is 474 g/mol. The van der Waals surface area contributed by atoms with Gasteiger partial charge in [-0.25, -0.2) is 4.79 Å². The molecule has 3 rings (SSSR count). The number of halogens is 2. The van der Waals surface area contributed by atoms with E-state index < -0.39 is 23.0 Å². The van der Waals surface area contributed by atoms with Crippen LogP contribution in [0.15, 0.2) is 24.5 Å². The zero-order valence-electron chi connectivity index (χ0n) is 18.7. The number of esters is 2. The topological polar surface area (TPSA) is 88.8 Å². The third-order valence-corrected chi connectivity index (χ3v) is 6.50. The van der Waals surface area contributed by atoms with Crippen molar-refractivity contribution in [1.82, 2.24) is 9.88 Å². The van der Waals surface area contributed by atoms with Gasteiger partial charge in [-0.15, -0.1) is 24.8 Å². The zero-order chi connectivity index (χ0) is 21.1. The first-order chi connectivity index (χ1) is 13.8. The summed E-state index contributed by atoms with van der Waals surface area (Å²) in [6, 6.07) is 4.05. The van der Waals surface area contributed by atoms with Crippen molar-refractivity contribution in [2.75, 3.05) is 31.1 Å². The average Bonchev–Trinajstić information content (AvgIpc) is 2.70. The minimum absolute atomic E-state index is 0. The molecule has 1 saturated carbocycles. The third-order valence-electron chi connectivity index (χ3n) is 6.50. The quantitative estimate of drug-likeness (QED) is 0.517. The minimum Gasteiger partial charge on any atom is -0.392 e. The second-order valence-electron chi connectivity index (χ2n) is 8.87. The lowest BCUT2D eigenvalue weighted by Crippen LogP contribution is -2.75. The Labute approximate surface area is 197 Å². The van der Waals surface area contributed by atoms with Crippen LogP contribution in [0.5, 0.6) is 0 Å². The second kappa shape index (κ2) is 11.5. The van der Waals surface area contributed by atoms with Gasteiger partial charge in [-0.05, 0) is 37.3 Å². The van der Waals surface area contributed by atoms with Gasteiger partial charge < -0.3 is 15.4 Å². The molecule has 2 fully saturated rings. The molecule has 0 aromatic carbocycles. The number of hydrogen-bond acceptors (Lipinski definition) is 7. The zero-order valence-corrected chi connectivity index (χ0v) is 20.3. The van der Waals surface area contributed by atoms with Crippen LogP contribution in [0.4, 0.5) is 5.69 Å². The maximum atomic E-state index is 13.0. The van der Waals surface area contributed by atoms with Crippen molar-refractivity contribution in [3.8, 4) is 0 Å². The van der Waals surface area contributed by atoms with Gasteiger partial charge in [0.05, 0.1) is 5.54 Å². The van der Waals surface area contributed by atoms with E-state index in [1.807, 2.05) is 24.5 Å². The number of aromatic nitrogens is 1. The molecule has 176 valence electrons. The normalized spacial score (nSPS) is 26.5. The Kier molecular flexibility index (Phi) is 10.2. The summed E-state index contributed by atoms with van der Waals surface area (Å²) in [7, 11) is 0. The van der Waals surface area contributed by atoms with Crippen LogP contribution in [-0.2, 0) is 14.3 Å². The summed E-state index contributed by atoms with van der Waals surface area (Å²) < 4.78 is 5.06. The minimum atomic E-state index is -1.17. The maximum Gasteiger partial charge on any atom is 0.335 e. The number of nitrogens with two attached hydrogens (primary N) is 1. The van der Waals surface area contributed by atoms with Gasteiger partial charge in [0.2, 0.25) is 0 Å². The molecular formula is C22H36Cl2N4O3. The summed E-state index contributed by atoms with van der Waals surface area (Å²) >= 11 is 0. The first kappa shape index (κ1) is 27.6. The van der Waals surface area contributed by atoms with Crippen LogP contribution in [0, 0.1) is 5.92 Å². The molecule has 0 bridgehead atoms. The maximum absolute atomic E-state index is 13.0. The molecule has 31 heavy (non-hydrogen) atoms. The number of hydrogen-bond donors (Lipinski definition) is 1. The van der Waals surface area contributed by atoms with E-state index in [0.717, 1.165) is 57.5 Å². The molecule has 1 aromatic heterocycles. The van der Waals surface area contributed by atoms with Gasteiger partial charge in [0.1, 0.15) is 5.54 Å². The summed E-state index contributed by atoms with van der Waals surface area (Å²) in [5, 5.41) is 0. The number of carbonyl (C=O) groups excluding carboxylic acids is 2. The van der Waals surface area contributed by atoms with E-state index in [9.17, 15) is 9.59 Å². The lowest BCUT2D eigenvalue weighted by molar-refractivity contribution is -0.170. The van der Waals surface area contributed by atoms with Gasteiger partial charge in [0, 0.05) is 51.2 Å². The highest BCUT2D eigenvalue weighted by Crippen LogP contribution is 2.45. The van der Waals surface area contributed by atoms with Crippen LogP contribution in [0.25, 0.3) is 0 Å². The third kappa shape index (κ3) is 5.69. The van der Waals surface area contributed by atoms with Gasteiger partial charge in [0.25, 0.3) is 0 Å². The van der Waals surface area contributed by atoms with E-state index in [4.69, 9.17) is 10.5 Å². The van der Waals surface area contributed by atoms with Crippen molar-refractivity contribution in [2.45, 2.75) is 64.0 Å². The van der Waals surface area contributed by atoms with Crippen LogP contribution in [0.3, 0.4) is 0 Å². The summed E-state index contributed by atoms with van der Waals surface area (Å²) in [6.45, 7) is 8.97. The van der Waals surface area contributed by atoms with E-state index in [0.29, 0.717) is 12.3 Å². The number of ether oxygens (including phenoxy) is 1. The predicted octanol–water partition coefficient (Wildman–Crippen LogP) is 3.19. The number of piperazine rings is 1. The SMILES string of the molecule is CC(=O)OC(=O)C1(N)CCCCC1(CC(C)C)N1CCN(c2ccncc2)CC1.Cl.Cl. The standard InChI is InChI=1S/C22H34N4O3.2ClH/c1-17(2)16-21(8-4-5-9-22(21,23)20(28)29-18(3)27)26-14-12-25(13-15-26)19-6-10-24-11-7-19;;/h6-7,10-11,17H,4-5,8-9,12-16,23H2,1-3H3;2*1H. The molecule has 1 aliphatic carbocycles. The van der Waals surface area contributed by atoms with Gasteiger partial charge in [-0.1, -0.05) is 26.7 Å². The van der Waals surface area contributed by atoms with Crippen LogP contribution in [-0.4, -0.2) is 59.1 Å². The fourth-order valence-corrected chi connectivity index (χ4v) is 5.27. The predicted molar refractivity (Wildman–Crippen MR) is 127 cm³/mol. The molecular weight excluding hydrogens is 439 g/mol. The van der Waals surface area contributed by atoms with Gasteiger partial charge in [0.15, 0.2) is 0 Å². The molecule has 0 radical (unpaired) electrons. The Balaban J connectivity index is 0.00000240. The van der Waals surface area contributed by atoms with E-state index in [-0.39, 0.29) is 24.8 Å². The van der Waals surface area contributed by atoms with Gasteiger partial charge >= 0.3 is 11.9 Å². The Hall–Kier alpha value is -1.41. The van der Waals surface area contributed by atoms with E-state index >= 15 is 0 Å². The van der Waals surface area contributed by atoms with Crippen molar-refractivity contribution in [3.63, 3.8) is 0 Å². The molecule has 2 heterocycles. The van der Waals surface area contributed by atoms with E-state index in [1.165, 1.54) is 6.92 Å². The van der Waals surface area contributed by atoms with Gasteiger partial charge in [-0.3, -0.25) is 14.7 Å². The molecule has 9 heteroatoms. The Morgan fingerprint density at radius 3 is 2.23 bits per heavy atom. The molecule has 2 N–H and O–H groups in total. The molecule has 2 atom stereocenters. The van der Waals surface area contributed by atoms with Crippen LogP contribution < -0.4 is 10.6 Å². The molecule has 1 saturated heterocycles. The summed E-state index contributed by atoms with van der Waals surface area (Å²) in [5.74, 6) is -0.785. The number of pyridine rings is 1. The Morgan fingerprint density at radius 1 is 1.10 bits per heavy atom. The molecule has 7 nitrogen and oxygen atoms in total. The summed E-state index contributed by atoms with van der Waals surface area (Å²) in [4.78, 5) is 33.4. The highest BCUT2D eigenvalue weighted by molar-refractivity contribution is 5.91. The van der Waals surface area contributed by atoms with Crippen LogP contribution in [0.1, 0.15) is 52.9 Å². The Bertz CT molecular complexity index is 729. The summed E-state index contributed by atoms with van der Waals surface area (Å²) in [6.07, 6.45) is 7.74. The molecule has 1 aromatic rings. The molecule has 0 spiro atoms. The molecule has 0 amide bonds. The smallest absolute Gasteiger partial charge is 0.335 e. The lowest BCUT2D eigenvalue weighted by Gasteiger charge is -2.58. The van der Waals surface area contributed by atoms with Crippen molar-refractivity contribution in [3.05, 3.63) is 24.5 Å². The first-order valence-electron chi connectivity index (χ1n) is 10.7. The molecule has 2 aliphatic rings.